The predicted molar refractivity (Wildman–Crippen MR) is 102 cm³/mol. The maximum atomic E-state index is 11.8. The summed E-state index contributed by atoms with van der Waals surface area (Å²) in [6.45, 7) is 0.376. The van der Waals surface area contributed by atoms with Crippen LogP contribution < -0.4 is 16.4 Å². The van der Waals surface area contributed by atoms with Crippen LogP contribution in [0.25, 0.3) is 0 Å². The van der Waals surface area contributed by atoms with Crippen molar-refractivity contribution in [1.82, 2.24) is 10.6 Å². The third-order valence-corrected chi connectivity index (χ3v) is 3.79. The molecule has 0 saturated heterocycles. The Morgan fingerprint density at radius 2 is 1.36 bits per heavy atom. The second kappa shape index (κ2) is 11.2. The van der Waals surface area contributed by atoms with Crippen LogP contribution in [0, 0.1) is 0 Å². The lowest BCUT2D eigenvalue weighted by Gasteiger charge is -2.18. The van der Waals surface area contributed by atoms with Gasteiger partial charge in [-0.15, -0.1) is 12.4 Å². The van der Waals surface area contributed by atoms with Crippen molar-refractivity contribution in [2.75, 3.05) is 19.6 Å². The van der Waals surface area contributed by atoms with E-state index in [1.54, 1.807) is 0 Å². The van der Waals surface area contributed by atoms with E-state index < -0.39 is 0 Å². The van der Waals surface area contributed by atoms with Gasteiger partial charge in [0, 0.05) is 12.5 Å². The average molecular weight is 362 g/mol. The molecular weight excluding hydrogens is 338 g/mol. The largest absolute Gasteiger partial charge is 0.355 e. The van der Waals surface area contributed by atoms with Gasteiger partial charge in [-0.2, -0.15) is 0 Å². The average Bonchev–Trinajstić information content (AvgIpc) is 2.64. The molecule has 0 atom stereocenters. The van der Waals surface area contributed by atoms with E-state index in [2.05, 4.69) is 34.9 Å². The van der Waals surface area contributed by atoms with Crippen LogP contribution in [-0.2, 0) is 9.59 Å². The second-order valence-corrected chi connectivity index (χ2v) is 5.49. The molecule has 2 amide bonds. The number of amides is 2. The van der Waals surface area contributed by atoms with Crippen molar-refractivity contribution < 1.29 is 9.59 Å². The minimum absolute atomic E-state index is 0. The van der Waals surface area contributed by atoms with Crippen LogP contribution in [0.1, 0.15) is 23.5 Å². The topological polar surface area (TPSA) is 84.2 Å². The van der Waals surface area contributed by atoms with Crippen LogP contribution in [0.2, 0.25) is 0 Å². The molecule has 6 heteroatoms. The number of benzene rings is 2. The Balaban J connectivity index is 0.00000312. The monoisotopic (exact) mass is 361 g/mol. The summed E-state index contributed by atoms with van der Waals surface area (Å²) in [4.78, 5) is 22.8. The minimum atomic E-state index is -0.336. The summed E-state index contributed by atoms with van der Waals surface area (Å²) in [7, 11) is 0. The van der Waals surface area contributed by atoms with E-state index in [4.69, 9.17) is 5.73 Å². The van der Waals surface area contributed by atoms with Crippen molar-refractivity contribution in [2.45, 2.75) is 12.3 Å². The third kappa shape index (κ3) is 6.95. The molecule has 0 aliphatic rings. The van der Waals surface area contributed by atoms with Crippen LogP contribution in [0.15, 0.2) is 60.7 Å². The van der Waals surface area contributed by atoms with E-state index in [-0.39, 0.29) is 43.2 Å². The number of carbonyl (C=O) groups excluding carboxylic acids is 2. The van der Waals surface area contributed by atoms with Crippen molar-refractivity contribution in [3.05, 3.63) is 71.8 Å². The normalized spacial score (nSPS) is 10.0. The van der Waals surface area contributed by atoms with Crippen molar-refractivity contribution in [2.24, 2.45) is 5.73 Å². The van der Waals surface area contributed by atoms with E-state index >= 15 is 0 Å². The van der Waals surface area contributed by atoms with Crippen LogP contribution in [0.5, 0.6) is 0 Å². The van der Waals surface area contributed by atoms with Gasteiger partial charge in [-0.25, -0.2) is 0 Å². The van der Waals surface area contributed by atoms with Gasteiger partial charge >= 0.3 is 0 Å². The maximum Gasteiger partial charge on any atom is 0.239 e. The second-order valence-electron chi connectivity index (χ2n) is 5.49. The Labute approximate surface area is 154 Å². The van der Waals surface area contributed by atoms with Gasteiger partial charge in [-0.3, -0.25) is 9.59 Å². The van der Waals surface area contributed by atoms with Gasteiger partial charge < -0.3 is 16.4 Å². The van der Waals surface area contributed by atoms with Gasteiger partial charge in [-0.05, 0) is 17.5 Å². The molecule has 0 saturated carbocycles. The Morgan fingerprint density at radius 3 is 1.84 bits per heavy atom. The lowest BCUT2D eigenvalue weighted by molar-refractivity contribution is -0.125. The predicted octanol–water partition coefficient (Wildman–Crippen LogP) is 1.82. The van der Waals surface area contributed by atoms with Crippen molar-refractivity contribution >= 4 is 24.2 Å². The van der Waals surface area contributed by atoms with E-state index in [9.17, 15) is 9.59 Å². The van der Waals surface area contributed by atoms with Crippen LogP contribution in [0.4, 0.5) is 0 Å². The highest BCUT2D eigenvalue weighted by atomic mass is 35.5. The molecule has 0 unspecified atom stereocenters. The summed E-state index contributed by atoms with van der Waals surface area (Å²) < 4.78 is 0. The maximum absolute atomic E-state index is 11.8. The van der Waals surface area contributed by atoms with Crippen LogP contribution in [0.3, 0.4) is 0 Å². The number of rotatable bonds is 8. The zero-order valence-corrected chi connectivity index (χ0v) is 14.8. The number of halogens is 1. The van der Waals surface area contributed by atoms with Gasteiger partial charge in [0.05, 0.1) is 13.1 Å². The molecule has 2 rings (SSSR count). The Hall–Kier alpha value is -2.37. The summed E-state index contributed by atoms with van der Waals surface area (Å²) in [5.74, 6) is -0.334. The zero-order chi connectivity index (χ0) is 17.2. The molecule has 2 aromatic carbocycles. The highest BCUT2D eigenvalue weighted by molar-refractivity contribution is 5.85. The lowest BCUT2D eigenvalue weighted by atomic mass is 9.88. The van der Waals surface area contributed by atoms with Gasteiger partial charge in [0.25, 0.3) is 0 Å². The standard InChI is InChI=1S/C19H23N3O2.ClH/c20-13-18(23)22-14-19(24)21-12-11-17(15-7-3-1-4-8-15)16-9-5-2-6-10-16;/h1-10,17H,11-14,20H2,(H,21,24)(H,22,23);1H. The number of nitrogens with two attached hydrogens (primary N) is 1. The molecule has 0 aliphatic heterocycles. The summed E-state index contributed by atoms with van der Waals surface area (Å²) >= 11 is 0. The molecule has 134 valence electrons. The molecule has 0 aliphatic carbocycles. The minimum Gasteiger partial charge on any atom is -0.355 e. The molecule has 0 aromatic heterocycles. The quantitative estimate of drug-likeness (QED) is 0.670. The molecule has 0 bridgehead atoms. The van der Waals surface area contributed by atoms with Gasteiger partial charge in [0.1, 0.15) is 0 Å². The smallest absolute Gasteiger partial charge is 0.239 e. The lowest BCUT2D eigenvalue weighted by Crippen LogP contribution is -2.39. The van der Waals surface area contributed by atoms with Crippen LogP contribution >= 0.6 is 12.4 Å². The summed E-state index contributed by atoms with van der Waals surface area (Å²) in [6.07, 6.45) is 0.782. The first-order valence-electron chi connectivity index (χ1n) is 8.04. The Bertz CT molecular complexity index is 611. The first-order valence-corrected chi connectivity index (χ1v) is 8.04. The fourth-order valence-corrected chi connectivity index (χ4v) is 2.57. The SMILES string of the molecule is Cl.NCC(=O)NCC(=O)NCCC(c1ccccc1)c1ccccc1. The molecule has 0 heterocycles. The molecule has 2 aromatic rings. The first-order chi connectivity index (χ1) is 11.7. The summed E-state index contributed by atoms with van der Waals surface area (Å²) in [6, 6.07) is 20.5. The Morgan fingerprint density at radius 1 is 0.840 bits per heavy atom. The van der Waals surface area contributed by atoms with Crippen LogP contribution in [-0.4, -0.2) is 31.4 Å². The molecule has 4 N–H and O–H groups in total. The molecule has 0 spiro atoms. The zero-order valence-electron chi connectivity index (χ0n) is 14.0. The summed E-state index contributed by atoms with van der Waals surface area (Å²) in [5.41, 5.74) is 7.62. The number of hydrogen-bond acceptors (Lipinski definition) is 3. The van der Waals surface area contributed by atoms with E-state index in [0.29, 0.717) is 6.54 Å². The van der Waals surface area contributed by atoms with E-state index in [1.807, 2.05) is 36.4 Å². The van der Waals surface area contributed by atoms with Crippen molar-refractivity contribution in [1.29, 1.82) is 0 Å². The van der Waals surface area contributed by atoms with E-state index in [1.165, 1.54) is 11.1 Å². The molecule has 0 fully saturated rings. The third-order valence-electron chi connectivity index (χ3n) is 3.79. The van der Waals surface area contributed by atoms with Gasteiger partial charge in [-0.1, -0.05) is 60.7 Å². The molecular formula is C19H24ClN3O2. The van der Waals surface area contributed by atoms with Crippen molar-refractivity contribution in [3.8, 4) is 0 Å². The molecule has 25 heavy (non-hydrogen) atoms. The number of hydrogen-bond donors (Lipinski definition) is 3. The Kier molecular flexibility index (Phi) is 9.29. The highest BCUT2D eigenvalue weighted by Gasteiger charge is 2.14. The van der Waals surface area contributed by atoms with Crippen molar-refractivity contribution in [3.63, 3.8) is 0 Å². The number of nitrogens with one attached hydrogen (secondary N) is 2. The van der Waals surface area contributed by atoms with Gasteiger partial charge in [0.2, 0.25) is 11.8 Å². The molecule has 0 radical (unpaired) electrons. The fraction of sp³-hybridized carbons (Fsp3) is 0.263. The van der Waals surface area contributed by atoms with Gasteiger partial charge in [0.15, 0.2) is 0 Å². The first kappa shape index (κ1) is 20.7. The fourth-order valence-electron chi connectivity index (χ4n) is 2.57. The van der Waals surface area contributed by atoms with E-state index in [0.717, 1.165) is 6.42 Å². The summed E-state index contributed by atoms with van der Waals surface area (Å²) in [5, 5.41) is 5.30. The highest BCUT2D eigenvalue weighted by Crippen LogP contribution is 2.27. The molecule has 5 nitrogen and oxygen atoms in total. The number of carbonyl (C=O) groups is 2.